The molecule has 0 aromatic heterocycles. The maximum absolute atomic E-state index is 5.92. The summed E-state index contributed by atoms with van der Waals surface area (Å²) >= 11 is 0. The van der Waals surface area contributed by atoms with Crippen LogP contribution in [0.25, 0.3) is 11.1 Å². The summed E-state index contributed by atoms with van der Waals surface area (Å²) in [5.74, 6) is 0.983. The third kappa shape index (κ3) is 1.82. The van der Waals surface area contributed by atoms with Gasteiger partial charge in [-0.3, -0.25) is 0 Å². The van der Waals surface area contributed by atoms with Gasteiger partial charge in [0.25, 0.3) is 0 Å². The first kappa shape index (κ1) is 11.1. The summed E-state index contributed by atoms with van der Waals surface area (Å²) in [6.07, 6.45) is 2.78. The minimum atomic E-state index is -0.252. The predicted molar refractivity (Wildman–Crippen MR) is 74.8 cm³/mol. The minimum Gasteiger partial charge on any atom is -0.483 e. The molecule has 0 spiro atoms. The van der Waals surface area contributed by atoms with Gasteiger partial charge < -0.3 is 4.74 Å². The highest BCUT2D eigenvalue weighted by molar-refractivity contribution is 5.66. The Labute approximate surface area is 108 Å². The number of benzene rings is 2. The Kier molecular flexibility index (Phi) is 2.48. The lowest BCUT2D eigenvalue weighted by molar-refractivity contribution is 0.171. The Morgan fingerprint density at radius 2 is 1.89 bits per heavy atom. The zero-order chi connectivity index (χ0) is 12.6. The molecule has 0 unspecified atom stereocenters. The van der Waals surface area contributed by atoms with Crippen LogP contribution in [-0.4, -0.2) is 5.60 Å². The third-order valence-corrected chi connectivity index (χ3v) is 3.48. The monoisotopic (exact) mass is 236 g/mol. The fourth-order valence-electron chi connectivity index (χ4n) is 2.41. The molecule has 0 saturated carbocycles. The lowest BCUT2D eigenvalue weighted by Crippen LogP contribution is -2.26. The molecule has 0 bridgehead atoms. The fraction of sp³-hybridized carbons (Fsp3) is 0.176. The van der Waals surface area contributed by atoms with E-state index in [-0.39, 0.29) is 5.60 Å². The average Bonchev–Trinajstić information content (AvgIpc) is 2.76. The molecule has 0 radical (unpaired) electrons. The molecule has 3 rings (SSSR count). The van der Waals surface area contributed by atoms with Crippen molar-refractivity contribution in [3.05, 3.63) is 66.7 Å². The zero-order valence-corrected chi connectivity index (χ0v) is 10.5. The van der Waals surface area contributed by atoms with Crippen LogP contribution in [0.2, 0.25) is 0 Å². The van der Waals surface area contributed by atoms with Gasteiger partial charge in [-0.25, -0.2) is 0 Å². The predicted octanol–water partition coefficient (Wildman–Crippen LogP) is 4.23. The van der Waals surface area contributed by atoms with Crippen LogP contribution in [-0.2, 0) is 6.42 Å². The summed E-state index contributed by atoms with van der Waals surface area (Å²) in [5, 5.41) is 0. The molecule has 0 saturated heterocycles. The molecule has 0 fully saturated rings. The van der Waals surface area contributed by atoms with Crippen molar-refractivity contribution in [2.45, 2.75) is 18.9 Å². The van der Waals surface area contributed by atoms with Crippen molar-refractivity contribution < 1.29 is 4.74 Å². The zero-order valence-electron chi connectivity index (χ0n) is 10.5. The topological polar surface area (TPSA) is 9.23 Å². The standard InChI is InChI=1S/C17H16O/c1-3-17(2)12-15-11-14(9-10-16(15)18-17)13-7-5-4-6-8-13/h3-11H,1,12H2,2H3/t17-/m1/s1. The number of ether oxygens (including phenoxy) is 1. The number of hydrogen-bond donors (Lipinski definition) is 0. The van der Waals surface area contributed by atoms with Crippen molar-refractivity contribution >= 4 is 0 Å². The highest BCUT2D eigenvalue weighted by atomic mass is 16.5. The van der Waals surface area contributed by atoms with Gasteiger partial charge in [-0.1, -0.05) is 43.0 Å². The summed E-state index contributed by atoms with van der Waals surface area (Å²) in [6, 6.07) is 16.8. The van der Waals surface area contributed by atoms with Gasteiger partial charge in [0.15, 0.2) is 0 Å². The largest absolute Gasteiger partial charge is 0.483 e. The van der Waals surface area contributed by atoms with E-state index in [9.17, 15) is 0 Å². The first-order valence-electron chi connectivity index (χ1n) is 6.21. The van der Waals surface area contributed by atoms with Gasteiger partial charge in [0.05, 0.1) is 0 Å². The van der Waals surface area contributed by atoms with Crippen LogP contribution in [0.15, 0.2) is 61.2 Å². The van der Waals surface area contributed by atoms with E-state index >= 15 is 0 Å². The second-order valence-corrected chi connectivity index (χ2v) is 4.98. The molecule has 1 aliphatic rings. The van der Waals surface area contributed by atoms with Crippen LogP contribution < -0.4 is 4.74 Å². The summed E-state index contributed by atoms with van der Waals surface area (Å²) in [5.41, 5.74) is 3.50. The van der Waals surface area contributed by atoms with E-state index < -0.39 is 0 Å². The van der Waals surface area contributed by atoms with Crippen molar-refractivity contribution in [2.24, 2.45) is 0 Å². The third-order valence-electron chi connectivity index (χ3n) is 3.48. The van der Waals surface area contributed by atoms with Crippen molar-refractivity contribution in [3.63, 3.8) is 0 Å². The van der Waals surface area contributed by atoms with Crippen LogP contribution in [0.5, 0.6) is 5.75 Å². The van der Waals surface area contributed by atoms with Gasteiger partial charge in [-0.15, -0.1) is 0 Å². The van der Waals surface area contributed by atoms with Gasteiger partial charge in [0.1, 0.15) is 11.4 Å². The molecule has 1 heterocycles. The van der Waals surface area contributed by atoms with E-state index in [2.05, 4.69) is 56.0 Å². The van der Waals surface area contributed by atoms with Crippen molar-refractivity contribution in [1.82, 2.24) is 0 Å². The first-order valence-corrected chi connectivity index (χ1v) is 6.21. The van der Waals surface area contributed by atoms with E-state index in [0.29, 0.717) is 0 Å². The Bertz CT molecular complexity index is 586. The molecule has 1 nitrogen and oxygen atoms in total. The highest BCUT2D eigenvalue weighted by Crippen LogP contribution is 2.37. The molecular weight excluding hydrogens is 220 g/mol. The molecule has 2 aromatic rings. The van der Waals surface area contributed by atoms with E-state index in [0.717, 1.165) is 12.2 Å². The Morgan fingerprint density at radius 3 is 2.61 bits per heavy atom. The van der Waals surface area contributed by atoms with Crippen LogP contribution in [0, 0.1) is 0 Å². The van der Waals surface area contributed by atoms with Crippen LogP contribution in [0.1, 0.15) is 12.5 Å². The minimum absolute atomic E-state index is 0.252. The van der Waals surface area contributed by atoms with Crippen LogP contribution in [0.3, 0.4) is 0 Å². The molecule has 0 amide bonds. The lowest BCUT2D eigenvalue weighted by atomic mass is 9.96. The summed E-state index contributed by atoms with van der Waals surface area (Å²) < 4.78 is 5.92. The fourth-order valence-corrected chi connectivity index (χ4v) is 2.41. The number of fused-ring (bicyclic) bond motifs is 1. The van der Waals surface area contributed by atoms with Gasteiger partial charge in [0, 0.05) is 6.42 Å². The number of hydrogen-bond acceptors (Lipinski definition) is 1. The van der Waals surface area contributed by atoms with Crippen molar-refractivity contribution in [2.75, 3.05) is 0 Å². The van der Waals surface area contributed by atoms with Gasteiger partial charge in [-0.2, -0.15) is 0 Å². The molecule has 0 aliphatic carbocycles. The molecule has 1 heteroatoms. The van der Waals surface area contributed by atoms with E-state index in [4.69, 9.17) is 4.74 Å². The van der Waals surface area contributed by atoms with E-state index in [1.54, 1.807) is 0 Å². The molecule has 90 valence electrons. The van der Waals surface area contributed by atoms with Crippen molar-refractivity contribution in [3.8, 4) is 16.9 Å². The first-order chi connectivity index (χ1) is 8.70. The maximum Gasteiger partial charge on any atom is 0.128 e. The SMILES string of the molecule is C=C[C@]1(C)Cc2cc(-c3ccccc3)ccc2O1. The van der Waals surface area contributed by atoms with Gasteiger partial charge in [-0.05, 0) is 41.8 Å². The second-order valence-electron chi connectivity index (χ2n) is 4.98. The Morgan fingerprint density at radius 1 is 1.11 bits per heavy atom. The van der Waals surface area contributed by atoms with Gasteiger partial charge >= 0.3 is 0 Å². The van der Waals surface area contributed by atoms with Crippen molar-refractivity contribution in [1.29, 1.82) is 0 Å². The van der Waals surface area contributed by atoms with E-state index in [1.165, 1.54) is 16.7 Å². The molecule has 2 aromatic carbocycles. The molecular formula is C17H16O. The maximum atomic E-state index is 5.92. The van der Waals surface area contributed by atoms with Crippen LogP contribution in [0.4, 0.5) is 0 Å². The molecule has 0 N–H and O–H groups in total. The number of rotatable bonds is 2. The molecule has 18 heavy (non-hydrogen) atoms. The Balaban J connectivity index is 2.00. The quantitative estimate of drug-likeness (QED) is 0.709. The smallest absolute Gasteiger partial charge is 0.128 e. The summed E-state index contributed by atoms with van der Waals surface area (Å²) in [6.45, 7) is 5.92. The molecule has 1 aliphatic heterocycles. The lowest BCUT2D eigenvalue weighted by Gasteiger charge is -2.18. The normalized spacial score (nSPS) is 21.2. The average molecular weight is 236 g/mol. The Hall–Kier alpha value is -2.02. The second kappa shape index (κ2) is 4.02. The summed E-state index contributed by atoms with van der Waals surface area (Å²) in [7, 11) is 0. The molecule has 1 atom stereocenters. The van der Waals surface area contributed by atoms with Gasteiger partial charge in [0.2, 0.25) is 0 Å². The highest BCUT2D eigenvalue weighted by Gasteiger charge is 2.31. The summed E-state index contributed by atoms with van der Waals surface area (Å²) in [4.78, 5) is 0. The van der Waals surface area contributed by atoms with Crippen LogP contribution >= 0.6 is 0 Å². The van der Waals surface area contributed by atoms with E-state index in [1.807, 2.05) is 12.1 Å².